The topological polar surface area (TPSA) is 85.2 Å². The van der Waals surface area contributed by atoms with Crippen molar-refractivity contribution >= 4 is 0 Å². The van der Waals surface area contributed by atoms with Crippen molar-refractivity contribution in [1.29, 1.82) is 0 Å². The maximum atomic E-state index is 10.5. The molecule has 1 saturated heterocycles. The fraction of sp³-hybridized carbons (Fsp3) is 0.529. The van der Waals surface area contributed by atoms with E-state index in [0.29, 0.717) is 12.8 Å². The van der Waals surface area contributed by atoms with E-state index in [1.165, 1.54) is 0 Å². The lowest BCUT2D eigenvalue weighted by atomic mass is 9.96. The largest absolute Gasteiger partial charge is 0.472 e. The van der Waals surface area contributed by atoms with E-state index >= 15 is 0 Å². The first-order valence-corrected chi connectivity index (χ1v) is 7.68. The zero-order valence-corrected chi connectivity index (χ0v) is 13.2. The number of furan rings is 2. The molecule has 126 valence electrons. The predicted molar refractivity (Wildman–Crippen MR) is 80.7 cm³/mol. The van der Waals surface area contributed by atoms with Gasteiger partial charge in [0.25, 0.3) is 0 Å². The highest BCUT2D eigenvalue weighted by atomic mass is 16.8. The summed E-state index contributed by atoms with van der Waals surface area (Å²) < 4.78 is 21.7. The summed E-state index contributed by atoms with van der Waals surface area (Å²) >= 11 is 0. The average molecular weight is 322 g/mol. The SMILES string of the molecule is CC1(C)O[C@@H]([C@@H](O)Cc2ccoc2)[C@H]([C@@H](O)Cc2ccoc2)O1. The molecule has 2 aromatic heterocycles. The maximum Gasteiger partial charge on any atom is 0.164 e. The van der Waals surface area contributed by atoms with Gasteiger partial charge in [0.15, 0.2) is 5.79 Å². The summed E-state index contributed by atoms with van der Waals surface area (Å²) in [5.41, 5.74) is 1.74. The molecule has 0 aromatic carbocycles. The first-order valence-electron chi connectivity index (χ1n) is 7.68. The van der Waals surface area contributed by atoms with Crippen LogP contribution in [0.2, 0.25) is 0 Å². The third-order valence-electron chi connectivity index (χ3n) is 3.97. The molecule has 0 spiro atoms. The summed E-state index contributed by atoms with van der Waals surface area (Å²) in [4.78, 5) is 0. The van der Waals surface area contributed by atoms with Crippen molar-refractivity contribution in [1.82, 2.24) is 0 Å². The van der Waals surface area contributed by atoms with Crippen LogP contribution in [0.15, 0.2) is 46.0 Å². The van der Waals surface area contributed by atoms with Crippen molar-refractivity contribution < 1.29 is 28.5 Å². The highest BCUT2D eigenvalue weighted by molar-refractivity contribution is 5.10. The van der Waals surface area contributed by atoms with Crippen LogP contribution in [0.1, 0.15) is 25.0 Å². The lowest BCUT2D eigenvalue weighted by Gasteiger charge is -2.25. The first-order chi connectivity index (χ1) is 10.9. The minimum atomic E-state index is -0.857. The minimum Gasteiger partial charge on any atom is -0.472 e. The molecule has 0 amide bonds. The number of hydrogen-bond donors (Lipinski definition) is 2. The van der Waals surface area contributed by atoms with E-state index in [2.05, 4.69) is 0 Å². The van der Waals surface area contributed by atoms with Gasteiger partial charge in [-0.2, -0.15) is 0 Å². The van der Waals surface area contributed by atoms with Gasteiger partial charge < -0.3 is 28.5 Å². The summed E-state index contributed by atoms with van der Waals surface area (Å²) in [5.74, 6) is -0.857. The second-order valence-electron chi connectivity index (χ2n) is 6.37. The zero-order chi connectivity index (χ0) is 16.4. The number of aliphatic hydroxyl groups excluding tert-OH is 2. The van der Waals surface area contributed by atoms with E-state index in [4.69, 9.17) is 18.3 Å². The first kappa shape index (κ1) is 16.3. The van der Waals surface area contributed by atoms with Crippen LogP contribution in [0.5, 0.6) is 0 Å². The molecule has 0 unspecified atom stereocenters. The van der Waals surface area contributed by atoms with E-state index < -0.39 is 30.2 Å². The molecule has 0 radical (unpaired) electrons. The van der Waals surface area contributed by atoms with Crippen molar-refractivity contribution in [2.75, 3.05) is 0 Å². The van der Waals surface area contributed by atoms with Gasteiger partial charge in [-0.25, -0.2) is 0 Å². The van der Waals surface area contributed by atoms with Crippen molar-refractivity contribution in [2.45, 2.75) is 56.9 Å². The Balaban J connectivity index is 1.70. The molecule has 0 saturated carbocycles. The lowest BCUT2D eigenvalue weighted by molar-refractivity contribution is -0.160. The predicted octanol–water partition coefficient (Wildman–Crippen LogP) is 1.90. The molecule has 4 atom stereocenters. The maximum absolute atomic E-state index is 10.5. The van der Waals surface area contributed by atoms with Crippen molar-refractivity contribution in [3.8, 4) is 0 Å². The Bertz CT molecular complexity index is 536. The molecule has 0 aliphatic carbocycles. The van der Waals surface area contributed by atoms with Gasteiger partial charge in [0.1, 0.15) is 12.2 Å². The van der Waals surface area contributed by atoms with Gasteiger partial charge >= 0.3 is 0 Å². The Morgan fingerprint density at radius 1 is 0.913 bits per heavy atom. The summed E-state index contributed by atoms with van der Waals surface area (Å²) in [5, 5.41) is 21.0. The Kier molecular flexibility index (Phi) is 4.59. The minimum absolute atomic E-state index is 0.371. The molecule has 2 aromatic rings. The lowest BCUT2D eigenvalue weighted by Crippen LogP contribution is -2.44. The molecule has 1 fully saturated rings. The highest BCUT2D eigenvalue weighted by Gasteiger charge is 2.47. The molecule has 6 heteroatoms. The molecular formula is C17H22O6. The summed E-state index contributed by atoms with van der Waals surface area (Å²) in [6.07, 6.45) is 4.17. The third kappa shape index (κ3) is 3.84. The van der Waals surface area contributed by atoms with E-state index in [-0.39, 0.29) is 0 Å². The van der Waals surface area contributed by atoms with E-state index in [0.717, 1.165) is 11.1 Å². The second-order valence-corrected chi connectivity index (χ2v) is 6.37. The molecule has 3 heterocycles. The highest BCUT2D eigenvalue weighted by Crippen LogP contribution is 2.33. The number of hydrogen-bond acceptors (Lipinski definition) is 6. The quantitative estimate of drug-likeness (QED) is 0.845. The van der Waals surface area contributed by atoms with Gasteiger partial charge in [0.05, 0.1) is 37.3 Å². The van der Waals surface area contributed by atoms with Gasteiger partial charge in [0.2, 0.25) is 0 Å². The Morgan fingerprint density at radius 2 is 1.35 bits per heavy atom. The van der Waals surface area contributed by atoms with Crippen LogP contribution in [-0.2, 0) is 22.3 Å². The van der Waals surface area contributed by atoms with Crippen LogP contribution in [0.4, 0.5) is 0 Å². The second kappa shape index (κ2) is 6.49. The van der Waals surface area contributed by atoms with Gasteiger partial charge in [-0.1, -0.05) is 0 Å². The molecule has 23 heavy (non-hydrogen) atoms. The Labute approximate surface area is 134 Å². The van der Waals surface area contributed by atoms with Crippen molar-refractivity contribution in [3.63, 3.8) is 0 Å². The Morgan fingerprint density at radius 3 is 1.70 bits per heavy atom. The zero-order valence-electron chi connectivity index (χ0n) is 13.2. The average Bonchev–Trinajstić information content (AvgIpc) is 3.19. The fourth-order valence-electron chi connectivity index (χ4n) is 2.95. The van der Waals surface area contributed by atoms with Crippen molar-refractivity contribution in [3.05, 3.63) is 48.3 Å². The van der Waals surface area contributed by atoms with Gasteiger partial charge in [0, 0.05) is 12.8 Å². The van der Waals surface area contributed by atoms with Gasteiger partial charge in [-0.15, -0.1) is 0 Å². The summed E-state index contributed by atoms with van der Waals surface area (Å²) in [6, 6.07) is 3.59. The monoisotopic (exact) mass is 322 g/mol. The molecular weight excluding hydrogens is 300 g/mol. The molecule has 6 nitrogen and oxygen atoms in total. The van der Waals surface area contributed by atoms with E-state index in [1.54, 1.807) is 51.0 Å². The molecule has 1 aliphatic heterocycles. The van der Waals surface area contributed by atoms with Crippen LogP contribution in [0.25, 0.3) is 0 Å². The van der Waals surface area contributed by atoms with Crippen LogP contribution in [0.3, 0.4) is 0 Å². The molecule has 3 rings (SSSR count). The smallest absolute Gasteiger partial charge is 0.164 e. The van der Waals surface area contributed by atoms with Crippen LogP contribution >= 0.6 is 0 Å². The summed E-state index contributed by atoms with van der Waals surface area (Å²) in [6.45, 7) is 3.55. The number of aliphatic hydroxyl groups is 2. The van der Waals surface area contributed by atoms with E-state index in [1.807, 2.05) is 0 Å². The van der Waals surface area contributed by atoms with Crippen LogP contribution < -0.4 is 0 Å². The van der Waals surface area contributed by atoms with Crippen LogP contribution in [-0.4, -0.2) is 40.4 Å². The molecule has 2 N–H and O–H groups in total. The molecule has 1 aliphatic rings. The number of ether oxygens (including phenoxy) is 2. The van der Waals surface area contributed by atoms with Crippen LogP contribution in [0, 0.1) is 0 Å². The Hall–Kier alpha value is -1.60. The van der Waals surface area contributed by atoms with E-state index in [9.17, 15) is 10.2 Å². The molecule has 0 bridgehead atoms. The summed E-state index contributed by atoms with van der Waals surface area (Å²) in [7, 11) is 0. The van der Waals surface area contributed by atoms with Gasteiger partial charge in [-0.05, 0) is 37.1 Å². The number of rotatable bonds is 6. The van der Waals surface area contributed by atoms with Gasteiger partial charge in [-0.3, -0.25) is 0 Å². The fourth-order valence-corrected chi connectivity index (χ4v) is 2.95. The van der Waals surface area contributed by atoms with Crippen molar-refractivity contribution in [2.24, 2.45) is 0 Å². The normalized spacial score (nSPS) is 26.3. The standard InChI is InChI=1S/C17H22O6/c1-17(2)22-15(13(18)7-11-3-5-20-9-11)16(23-17)14(19)8-12-4-6-21-10-12/h3-6,9-10,13-16,18-19H,7-8H2,1-2H3/t13-,14-,15-,16-/m0/s1. The third-order valence-corrected chi connectivity index (χ3v) is 3.97.